The van der Waals surface area contributed by atoms with Crippen molar-refractivity contribution in [1.29, 1.82) is 0 Å². The van der Waals surface area contributed by atoms with Gasteiger partial charge in [0.05, 0.1) is 69.6 Å². The summed E-state index contributed by atoms with van der Waals surface area (Å²) in [4.78, 5) is 25.0. The van der Waals surface area contributed by atoms with E-state index in [1.807, 2.05) is 5.01 Å². The topological polar surface area (TPSA) is 98.1 Å². The highest BCUT2D eigenvalue weighted by molar-refractivity contribution is 6.00. The predicted octanol–water partition coefficient (Wildman–Crippen LogP) is 0.946. The van der Waals surface area contributed by atoms with Crippen LogP contribution in [0, 0.1) is 0 Å². The number of H-pyrrole nitrogens is 1. The van der Waals surface area contributed by atoms with Crippen LogP contribution in [-0.2, 0) is 20.7 Å². The lowest BCUT2D eigenvalue weighted by Crippen LogP contribution is -2.33. The molecule has 0 spiro atoms. The summed E-state index contributed by atoms with van der Waals surface area (Å²) < 4.78 is 16.7. The normalized spacial score (nSPS) is 14.8. The van der Waals surface area contributed by atoms with Gasteiger partial charge in [0.15, 0.2) is 0 Å². The van der Waals surface area contributed by atoms with E-state index >= 15 is 0 Å². The number of nitrogens with one attached hydrogen (secondary N) is 1. The van der Waals surface area contributed by atoms with Gasteiger partial charge >= 0.3 is 5.97 Å². The smallest absolute Gasteiger partial charge is 0.311 e. The Kier molecular flexibility index (Phi) is 6.15. The molecule has 0 saturated carbocycles. The molecule has 9 nitrogen and oxygen atoms in total. The monoisotopic (exact) mass is 388 g/mol. The Morgan fingerprint density at radius 3 is 2.50 bits per heavy atom. The molecule has 1 N–H and O–H groups in total. The first-order valence-corrected chi connectivity index (χ1v) is 8.97. The Morgan fingerprint density at radius 1 is 1.21 bits per heavy atom. The summed E-state index contributed by atoms with van der Waals surface area (Å²) in [5, 5.41) is 9.45. The number of ether oxygens (including phenoxy) is 3. The third kappa shape index (κ3) is 4.25. The van der Waals surface area contributed by atoms with Gasteiger partial charge in [-0.25, -0.2) is 4.68 Å². The van der Waals surface area contributed by atoms with Gasteiger partial charge in [-0.15, -0.1) is 0 Å². The van der Waals surface area contributed by atoms with Crippen molar-refractivity contribution in [1.82, 2.24) is 14.8 Å². The fourth-order valence-electron chi connectivity index (χ4n) is 3.03. The van der Waals surface area contributed by atoms with Crippen LogP contribution in [0.2, 0.25) is 0 Å². The Morgan fingerprint density at radius 2 is 1.89 bits per heavy atom. The third-order valence-electron chi connectivity index (χ3n) is 4.49. The second kappa shape index (κ2) is 8.75. The van der Waals surface area contributed by atoms with E-state index in [9.17, 15) is 9.59 Å². The summed E-state index contributed by atoms with van der Waals surface area (Å²) in [6.07, 6.45) is -0.0554. The SMILES string of the molecule is COC(=O)Cc1[nH]n(-c2ccc(OC)cc2)c(=O)c1C(C)=NN1CCOCC1. The second-order valence-electron chi connectivity index (χ2n) is 6.31. The van der Waals surface area contributed by atoms with Crippen molar-refractivity contribution in [3.8, 4) is 11.4 Å². The Bertz CT molecular complexity index is 907. The molecule has 1 aromatic heterocycles. The van der Waals surface area contributed by atoms with Gasteiger partial charge in [-0.3, -0.25) is 19.7 Å². The van der Waals surface area contributed by atoms with Crippen LogP contribution in [0.1, 0.15) is 18.2 Å². The van der Waals surface area contributed by atoms with Crippen molar-refractivity contribution < 1.29 is 19.0 Å². The molecule has 1 aliphatic rings. The van der Waals surface area contributed by atoms with Crippen molar-refractivity contribution in [2.45, 2.75) is 13.3 Å². The van der Waals surface area contributed by atoms with Crippen molar-refractivity contribution in [2.24, 2.45) is 5.10 Å². The first-order valence-electron chi connectivity index (χ1n) is 8.97. The zero-order valence-corrected chi connectivity index (χ0v) is 16.2. The van der Waals surface area contributed by atoms with Crippen LogP contribution in [0.15, 0.2) is 34.2 Å². The molecule has 2 aromatic rings. The standard InChI is InChI=1S/C19H24N4O5/c1-13(20-22-8-10-28-11-9-22)18-16(12-17(24)27-3)21-23(19(18)25)14-4-6-15(26-2)7-5-14/h4-7,21H,8-12H2,1-3H3. The van der Waals surface area contributed by atoms with Crippen LogP contribution < -0.4 is 10.3 Å². The molecule has 1 saturated heterocycles. The van der Waals surface area contributed by atoms with Crippen LogP contribution in [0.3, 0.4) is 0 Å². The van der Waals surface area contributed by atoms with Crippen LogP contribution in [0.4, 0.5) is 0 Å². The molecule has 2 heterocycles. The maximum atomic E-state index is 13.1. The van der Waals surface area contributed by atoms with Crippen molar-refractivity contribution in [2.75, 3.05) is 40.5 Å². The highest BCUT2D eigenvalue weighted by atomic mass is 16.5. The van der Waals surface area contributed by atoms with Crippen LogP contribution in [0.5, 0.6) is 5.75 Å². The largest absolute Gasteiger partial charge is 0.497 e. The molecule has 0 bridgehead atoms. The quantitative estimate of drug-likeness (QED) is 0.584. The molecule has 1 aromatic carbocycles. The number of methoxy groups -OCH3 is 2. The van der Waals surface area contributed by atoms with E-state index in [0.29, 0.717) is 54.7 Å². The lowest BCUT2D eigenvalue weighted by molar-refractivity contribution is -0.139. The van der Waals surface area contributed by atoms with E-state index in [4.69, 9.17) is 14.2 Å². The number of rotatable bonds is 6. The molecular formula is C19H24N4O5. The minimum absolute atomic E-state index is 0.0554. The van der Waals surface area contributed by atoms with E-state index in [1.54, 1.807) is 38.3 Å². The lowest BCUT2D eigenvalue weighted by atomic mass is 10.1. The van der Waals surface area contributed by atoms with E-state index in [-0.39, 0.29) is 12.0 Å². The molecule has 3 rings (SSSR count). The summed E-state index contributed by atoms with van der Waals surface area (Å²) in [5.74, 6) is 0.243. The molecule has 0 aliphatic carbocycles. The predicted molar refractivity (Wildman–Crippen MR) is 103 cm³/mol. The first-order chi connectivity index (χ1) is 13.5. The van der Waals surface area contributed by atoms with Crippen LogP contribution in [0.25, 0.3) is 5.69 Å². The fourth-order valence-corrected chi connectivity index (χ4v) is 3.03. The average Bonchev–Trinajstić information content (AvgIpc) is 3.04. The van der Waals surface area contributed by atoms with Gasteiger partial charge in [0.25, 0.3) is 5.56 Å². The third-order valence-corrected chi connectivity index (χ3v) is 4.49. The molecule has 28 heavy (non-hydrogen) atoms. The van der Waals surface area contributed by atoms with E-state index in [1.165, 1.54) is 11.8 Å². The average molecular weight is 388 g/mol. The number of hydrazone groups is 1. The van der Waals surface area contributed by atoms with E-state index in [2.05, 4.69) is 10.2 Å². The van der Waals surface area contributed by atoms with Gasteiger partial charge in [-0.1, -0.05) is 0 Å². The summed E-state index contributed by atoms with van der Waals surface area (Å²) in [6.45, 7) is 4.25. The zero-order chi connectivity index (χ0) is 20.1. The van der Waals surface area contributed by atoms with E-state index in [0.717, 1.165) is 0 Å². The van der Waals surface area contributed by atoms with Gasteiger partial charge in [0.1, 0.15) is 5.75 Å². The highest BCUT2D eigenvalue weighted by Crippen LogP contribution is 2.15. The Balaban J connectivity index is 2.02. The number of benzene rings is 1. The molecular weight excluding hydrogens is 364 g/mol. The second-order valence-corrected chi connectivity index (χ2v) is 6.31. The number of aromatic amines is 1. The fraction of sp³-hybridized carbons (Fsp3) is 0.421. The molecule has 0 atom stereocenters. The minimum atomic E-state index is -0.441. The van der Waals surface area contributed by atoms with Crippen molar-refractivity contribution in [3.05, 3.63) is 45.9 Å². The number of carbonyl (C=O) groups is 1. The molecule has 0 amide bonds. The number of esters is 1. The number of aromatic nitrogens is 2. The van der Waals surface area contributed by atoms with Gasteiger partial charge in [-0.05, 0) is 31.2 Å². The Hall–Kier alpha value is -3.07. The van der Waals surface area contributed by atoms with Gasteiger partial charge in [0, 0.05) is 0 Å². The molecule has 1 aliphatic heterocycles. The first kappa shape index (κ1) is 19.7. The van der Waals surface area contributed by atoms with Gasteiger partial charge < -0.3 is 14.2 Å². The van der Waals surface area contributed by atoms with Crippen LogP contribution >= 0.6 is 0 Å². The number of carbonyl (C=O) groups excluding carboxylic acids is 1. The molecule has 150 valence electrons. The molecule has 9 heteroatoms. The lowest BCUT2D eigenvalue weighted by Gasteiger charge is -2.24. The number of hydrogen-bond donors (Lipinski definition) is 1. The summed E-state index contributed by atoms with van der Waals surface area (Å²) in [5.41, 5.74) is 1.71. The van der Waals surface area contributed by atoms with Crippen molar-refractivity contribution in [3.63, 3.8) is 0 Å². The van der Waals surface area contributed by atoms with Crippen LogP contribution in [-0.4, -0.2) is 67.0 Å². The molecule has 1 fully saturated rings. The summed E-state index contributed by atoms with van der Waals surface area (Å²) in [6, 6.07) is 7.04. The van der Waals surface area contributed by atoms with Gasteiger partial charge in [0.2, 0.25) is 0 Å². The van der Waals surface area contributed by atoms with Gasteiger partial charge in [-0.2, -0.15) is 5.10 Å². The maximum absolute atomic E-state index is 13.1. The number of morpholine rings is 1. The zero-order valence-electron chi connectivity index (χ0n) is 16.2. The van der Waals surface area contributed by atoms with Crippen molar-refractivity contribution >= 4 is 11.7 Å². The minimum Gasteiger partial charge on any atom is -0.497 e. The number of nitrogens with zero attached hydrogens (tertiary/aromatic N) is 3. The maximum Gasteiger partial charge on any atom is 0.311 e. The number of hydrogen-bond acceptors (Lipinski definition) is 7. The summed E-state index contributed by atoms with van der Waals surface area (Å²) in [7, 11) is 2.89. The van der Waals surface area contributed by atoms with E-state index < -0.39 is 5.97 Å². The summed E-state index contributed by atoms with van der Waals surface area (Å²) >= 11 is 0. The highest BCUT2D eigenvalue weighted by Gasteiger charge is 2.21. The molecule has 0 radical (unpaired) electrons. The Labute approximate surface area is 162 Å². The molecule has 0 unspecified atom stereocenters.